The van der Waals surface area contributed by atoms with Crippen LogP contribution in [0.3, 0.4) is 0 Å². The molecule has 0 aromatic carbocycles. The Morgan fingerprint density at radius 1 is 1.53 bits per heavy atom. The molecule has 1 fully saturated rings. The number of ketones is 1. The first-order chi connectivity index (χ1) is 7.19. The van der Waals surface area contributed by atoms with E-state index in [2.05, 4.69) is 5.32 Å². The SMILES string of the molecule is COC(C)N[C@@H]1CCCC[C@@H]1C(=O)C=S. The van der Waals surface area contributed by atoms with E-state index in [1.165, 1.54) is 11.8 Å². The minimum absolute atomic E-state index is 0.00600. The highest BCUT2D eigenvalue weighted by molar-refractivity contribution is 7.80. The van der Waals surface area contributed by atoms with Gasteiger partial charge in [0.2, 0.25) is 0 Å². The van der Waals surface area contributed by atoms with Crippen LogP contribution >= 0.6 is 12.2 Å². The smallest absolute Gasteiger partial charge is 0.170 e. The van der Waals surface area contributed by atoms with Gasteiger partial charge in [-0.2, -0.15) is 0 Å². The summed E-state index contributed by atoms with van der Waals surface area (Å²) in [6.07, 6.45) is 4.27. The fourth-order valence-corrected chi connectivity index (χ4v) is 2.30. The predicted octanol–water partition coefficient (Wildman–Crippen LogP) is 1.70. The number of hydrogen-bond donors (Lipinski definition) is 1. The topological polar surface area (TPSA) is 38.3 Å². The molecule has 0 spiro atoms. The van der Waals surface area contributed by atoms with E-state index in [1.54, 1.807) is 7.11 Å². The van der Waals surface area contributed by atoms with Gasteiger partial charge in [-0.3, -0.25) is 10.1 Å². The number of rotatable bonds is 5. The summed E-state index contributed by atoms with van der Waals surface area (Å²) in [5.74, 6) is 0.138. The third-order valence-electron chi connectivity index (χ3n) is 3.05. The highest BCUT2D eigenvalue weighted by Gasteiger charge is 2.30. The Hall–Kier alpha value is -0.320. The monoisotopic (exact) mass is 229 g/mol. The zero-order valence-electron chi connectivity index (χ0n) is 9.36. The van der Waals surface area contributed by atoms with E-state index < -0.39 is 0 Å². The van der Waals surface area contributed by atoms with Gasteiger partial charge in [-0.05, 0) is 19.8 Å². The van der Waals surface area contributed by atoms with Gasteiger partial charge in [0.05, 0.1) is 0 Å². The normalized spacial score (nSPS) is 28.4. The highest BCUT2D eigenvalue weighted by Crippen LogP contribution is 2.25. The Labute approximate surface area is 96.6 Å². The number of methoxy groups -OCH3 is 1. The Morgan fingerprint density at radius 3 is 2.80 bits per heavy atom. The van der Waals surface area contributed by atoms with Crippen molar-refractivity contribution in [3.63, 3.8) is 0 Å². The van der Waals surface area contributed by atoms with Gasteiger partial charge in [-0.25, -0.2) is 0 Å². The average molecular weight is 229 g/mol. The third-order valence-corrected chi connectivity index (χ3v) is 3.28. The molecule has 0 radical (unpaired) electrons. The van der Waals surface area contributed by atoms with Gasteiger partial charge >= 0.3 is 0 Å². The van der Waals surface area contributed by atoms with Gasteiger partial charge in [0, 0.05) is 24.4 Å². The first-order valence-electron chi connectivity index (χ1n) is 5.47. The van der Waals surface area contributed by atoms with E-state index in [-0.39, 0.29) is 24.0 Å². The second-order valence-corrected chi connectivity index (χ2v) is 4.30. The summed E-state index contributed by atoms with van der Waals surface area (Å²) in [4.78, 5) is 11.6. The highest BCUT2D eigenvalue weighted by atomic mass is 32.1. The molecule has 1 aliphatic rings. The summed E-state index contributed by atoms with van der Waals surface area (Å²) in [6.45, 7) is 1.95. The Kier molecular flexibility index (Phi) is 5.36. The molecule has 86 valence electrons. The second-order valence-electron chi connectivity index (χ2n) is 4.06. The standard InChI is InChI=1S/C11H19NO2S/c1-8(14-2)12-10-6-4-3-5-9(10)11(13)7-15/h7-10,12H,3-6H2,1-2H3/t8?,9-,10+/m0/s1. The molecule has 1 aliphatic carbocycles. The number of hydrogen-bond acceptors (Lipinski definition) is 4. The van der Waals surface area contributed by atoms with Crippen LogP contribution in [0.5, 0.6) is 0 Å². The van der Waals surface area contributed by atoms with Crippen molar-refractivity contribution in [2.24, 2.45) is 5.92 Å². The van der Waals surface area contributed by atoms with Crippen LogP contribution in [0, 0.1) is 5.92 Å². The summed E-state index contributed by atoms with van der Waals surface area (Å²) in [6, 6.07) is 0.223. The van der Waals surface area contributed by atoms with Crippen LogP contribution in [-0.2, 0) is 9.53 Å². The van der Waals surface area contributed by atoms with Crippen molar-refractivity contribution in [2.45, 2.75) is 44.9 Å². The van der Waals surface area contributed by atoms with E-state index in [4.69, 9.17) is 17.0 Å². The van der Waals surface area contributed by atoms with Crippen molar-refractivity contribution in [3.8, 4) is 0 Å². The summed E-state index contributed by atoms with van der Waals surface area (Å²) >= 11 is 4.72. The molecule has 0 aliphatic heterocycles. The maximum atomic E-state index is 11.6. The predicted molar refractivity (Wildman–Crippen MR) is 64.0 cm³/mol. The van der Waals surface area contributed by atoms with E-state index in [0.717, 1.165) is 19.3 Å². The molecule has 0 amide bonds. The summed E-state index contributed by atoms with van der Waals surface area (Å²) < 4.78 is 5.16. The quantitative estimate of drug-likeness (QED) is 0.575. The van der Waals surface area contributed by atoms with Crippen molar-refractivity contribution in [3.05, 3.63) is 0 Å². The van der Waals surface area contributed by atoms with E-state index in [0.29, 0.717) is 0 Å². The van der Waals surface area contributed by atoms with E-state index >= 15 is 0 Å². The van der Waals surface area contributed by atoms with E-state index in [9.17, 15) is 4.79 Å². The molecule has 4 heteroatoms. The van der Waals surface area contributed by atoms with Gasteiger partial charge in [-0.15, -0.1) is 0 Å². The maximum Gasteiger partial charge on any atom is 0.170 e. The van der Waals surface area contributed by atoms with Crippen molar-refractivity contribution in [1.29, 1.82) is 0 Å². The molecule has 1 N–H and O–H groups in total. The largest absolute Gasteiger partial charge is 0.367 e. The number of Topliss-reactive ketones (excluding diaryl/α,β-unsaturated/α-hetero) is 1. The van der Waals surface area contributed by atoms with Gasteiger partial charge in [0.25, 0.3) is 0 Å². The zero-order valence-corrected chi connectivity index (χ0v) is 10.2. The molecular weight excluding hydrogens is 210 g/mol. The Morgan fingerprint density at radius 2 is 2.20 bits per heavy atom. The number of ether oxygens (including phenoxy) is 1. The molecule has 3 nitrogen and oxygen atoms in total. The Balaban J connectivity index is 2.57. The number of nitrogens with one attached hydrogen (secondary N) is 1. The first-order valence-corrected chi connectivity index (χ1v) is 5.94. The van der Waals surface area contributed by atoms with Crippen molar-refractivity contribution >= 4 is 23.4 Å². The van der Waals surface area contributed by atoms with Crippen LogP contribution in [0.25, 0.3) is 0 Å². The molecule has 0 aromatic rings. The van der Waals surface area contributed by atoms with Crippen molar-refractivity contribution in [2.75, 3.05) is 7.11 Å². The maximum absolute atomic E-state index is 11.6. The molecule has 1 rings (SSSR count). The van der Waals surface area contributed by atoms with Crippen LogP contribution in [0.2, 0.25) is 0 Å². The van der Waals surface area contributed by atoms with Gasteiger partial charge in [0.15, 0.2) is 5.78 Å². The van der Waals surface area contributed by atoms with E-state index in [1.807, 2.05) is 6.92 Å². The van der Waals surface area contributed by atoms with Crippen LogP contribution < -0.4 is 5.32 Å². The lowest BCUT2D eigenvalue weighted by Crippen LogP contribution is -2.46. The third kappa shape index (κ3) is 3.63. The molecular formula is C11H19NO2S. The number of carbonyl (C=O) groups excluding carboxylic acids is 1. The Bertz CT molecular complexity index is 233. The number of thiocarbonyl (C=S) groups is 1. The summed E-state index contributed by atoms with van der Waals surface area (Å²) in [5.41, 5.74) is 0. The molecule has 15 heavy (non-hydrogen) atoms. The van der Waals surface area contributed by atoms with Gasteiger partial charge in [0.1, 0.15) is 6.23 Å². The van der Waals surface area contributed by atoms with Crippen molar-refractivity contribution < 1.29 is 9.53 Å². The fourth-order valence-electron chi connectivity index (χ4n) is 2.13. The molecule has 1 saturated carbocycles. The van der Waals surface area contributed by atoms with Crippen molar-refractivity contribution in [1.82, 2.24) is 5.32 Å². The number of carbonyl (C=O) groups is 1. The average Bonchev–Trinajstić information content (AvgIpc) is 2.28. The molecule has 0 heterocycles. The minimum atomic E-state index is -0.00600. The second kappa shape index (κ2) is 6.30. The van der Waals surface area contributed by atoms with Gasteiger partial charge in [-0.1, -0.05) is 25.1 Å². The van der Waals surface area contributed by atoms with Crippen LogP contribution in [0.1, 0.15) is 32.6 Å². The zero-order chi connectivity index (χ0) is 11.3. The summed E-state index contributed by atoms with van der Waals surface area (Å²) in [5, 5.41) is 4.60. The van der Waals surface area contributed by atoms with Crippen LogP contribution in [-0.4, -0.2) is 30.5 Å². The minimum Gasteiger partial charge on any atom is -0.367 e. The van der Waals surface area contributed by atoms with Gasteiger partial charge < -0.3 is 4.74 Å². The molecule has 0 bridgehead atoms. The fraction of sp³-hybridized carbons (Fsp3) is 0.818. The first kappa shape index (κ1) is 12.7. The molecule has 3 atom stereocenters. The molecule has 0 saturated heterocycles. The molecule has 1 unspecified atom stereocenters. The molecule has 0 aromatic heterocycles. The lowest BCUT2D eigenvalue weighted by atomic mass is 9.82. The van der Waals surface area contributed by atoms with Crippen LogP contribution in [0.4, 0.5) is 0 Å². The summed E-state index contributed by atoms with van der Waals surface area (Å²) in [7, 11) is 1.66. The lowest BCUT2D eigenvalue weighted by molar-refractivity contribution is -0.118. The van der Waals surface area contributed by atoms with Crippen LogP contribution in [0.15, 0.2) is 0 Å². The lowest BCUT2D eigenvalue weighted by Gasteiger charge is -2.32.